The first-order valence-corrected chi connectivity index (χ1v) is 11.1. The van der Waals surface area contributed by atoms with Gasteiger partial charge < -0.3 is 9.80 Å². The molecule has 0 radical (unpaired) electrons. The van der Waals surface area contributed by atoms with Crippen LogP contribution in [-0.2, 0) is 21.4 Å². The fourth-order valence-corrected chi connectivity index (χ4v) is 4.44. The Bertz CT molecular complexity index is 1130. The first-order chi connectivity index (χ1) is 15.3. The van der Waals surface area contributed by atoms with E-state index < -0.39 is 5.41 Å². The molecular formula is C24H30N6O2. The summed E-state index contributed by atoms with van der Waals surface area (Å²) in [7, 11) is 0. The van der Waals surface area contributed by atoms with E-state index in [4.69, 9.17) is 0 Å². The number of carbonyl (C=O) groups is 2. The van der Waals surface area contributed by atoms with Crippen LogP contribution in [0.15, 0.2) is 36.7 Å². The molecule has 0 saturated carbocycles. The van der Waals surface area contributed by atoms with E-state index in [0.717, 1.165) is 22.5 Å². The molecule has 168 valence electrons. The minimum Gasteiger partial charge on any atom is -0.339 e. The van der Waals surface area contributed by atoms with Crippen molar-refractivity contribution in [3.63, 3.8) is 0 Å². The zero-order chi connectivity index (χ0) is 22.9. The number of benzene rings is 1. The van der Waals surface area contributed by atoms with E-state index in [1.165, 1.54) is 6.33 Å². The molecule has 1 fully saturated rings. The zero-order valence-electron chi connectivity index (χ0n) is 19.2. The summed E-state index contributed by atoms with van der Waals surface area (Å²) >= 11 is 0. The van der Waals surface area contributed by atoms with Crippen molar-refractivity contribution in [2.75, 3.05) is 26.2 Å². The highest BCUT2D eigenvalue weighted by Crippen LogP contribution is 2.26. The summed E-state index contributed by atoms with van der Waals surface area (Å²) in [6, 6.07) is 9.86. The molecular weight excluding hydrogens is 404 g/mol. The molecule has 3 heterocycles. The van der Waals surface area contributed by atoms with Gasteiger partial charge in [0.2, 0.25) is 11.8 Å². The van der Waals surface area contributed by atoms with Crippen LogP contribution in [0.25, 0.3) is 5.78 Å². The minimum absolute atomic E-state index is 0.106. The van der Waals surface area contributed by atoms with Gasteiger partial charge in [-0.05, 0) is 45.2 Å². The average molecular weight is 435 g/mol. The van der Waals surface area contributed by atoms with Crippen LogP contribution in [0.2, 0.25) is 0 Å². The third kappa shape index (κ3) is 4.09. The summed E-state index contributed by atoms with van der Waals surface area (Å²) in [5.41, 5.74) is 3.31. The van der Waals surface area contributed by atoms with Gasteiger partial charge in [0.25, 0.3) is 5.78 Å². The molecule has 1 aromatic carbocycles. The lowest BCUT2D eigenvalue weighted by Crippen LogP contribution is -2.54. The Morgan fingerprint density at radius 1 is 1.00 bits per heavy atom. The van der Waals surface area contributed by atoms with Crippen molar-refractivity contribution in [3.8, 4) is 0 Å². The molecule has 32 heavy (non-hydrogen) atoms. The van der Waals surface area contributed by atoms with Gasteiger partial charge in [0.05, 0.1) is 5.41 Å². The number of amides is 2. The molecule has 1 aliphatic rings. The molecule has 0 N–H and O–H groups in total. The van der Waals surface area contributed by atoms with Gasteiger partial charge in [-0.15, -0.1) is 0 Å². The Hall–Kier alpha value is -3.29. The SMILES string of the molecule is Cc1nc2ncnn2c(C)c1CCC(=O)N1CCN(C(=O)C(C)(C)c2ccccc2)CC1. The number of rotatable bonds is 5. The average Bonchev–Trinajstić information content (AvgIpc) is 3.27. The van der Waals surface area contributed by atoms with Crippen LogP contribution >= 0.6 is 0 Å². The van der Waals surface area contributed by atoms with Crippen LogP contribution < -0.4 is 0 Å². The smallest absolute Gasteiger partial charge is 0.252 e. The van der Waals surface area contributed by atoms with Crippen molar-refractivity contribution in [2.45, 2.75) is 46.0 Å². The third-order valence-electron chi connectivity index (χ3n) is 6.53. The van der Waals surface area contributed by atoms with Gasteiger partial charge in [-0.3, -0.25) is 9.59 Å². The molecule has 2 amide bonds. The molecule has 1 saturated heterocycles. The molecule has 0 aliphatic carbocycles. The highest BCUT2D eigenvalue weighted by Gasteiger charge is 2.35. The molecule has 2 aromatic heterocycles. The second kappa shape index (κ2) is 8.68. The maximum atomic E-state index is 13.2. The Labute approximate surface area is 188 Å². The topological polar surface area (TPSA) is 83.7 Å². The van der Waals surface area contributed by atoms with E-state index in [1.54, 1.807) is 4.52 Å². The molecule has 0 unspecified atom stereocenters. The monoisotopic (exact) mass is 434 g/mol. The van der Waals surface area contributed by atoms with Crippen LogP contribution in [0, 0.1) is 13.8 Å². The Balaban J connectivity index is 1.35. The molecule has 0 bridgehead atoms. The van der Waals surface area contributed by atoms with Gasteiger partial charge in [-0.1, -0.05) is 30.3 Å². The Kier molecular flexibility index (Phi) is 5.95. The van der Waals surface area contributed by atoms with Gasteiger partial charge in [-0.2, -0.15) is 10.1 Å². The summed E-state index contributed by atoms with van der Waals surface area (Å²) < 4.78 is 1.71. The first kappa shape index (κ1) is 21.9. The van der Waals surface area contributed by atoms with Crippen LogP contribution in [0.1, 0.15) is 42.8 Å². The van der Waals surface area contributed by atoms with Gasteiger partial charge in [-0.25, -0.2) is 9.50 Å². The lowest BCUT2D eigenvalue weighted by Gasteiger charge is -2.39. The van der Waals surface area contributed by atoms with Crippen LogP contribution in [-0.4, -0.2) is 67.4 Å². The van der Waals surface area contributed by atoms with E-state index in [2.05, 4.69) is 15.1 Å². The molecule has 8 heteroatoms. The van der Waals surface area contributed by atoms with E-state index in [0.29, 0.717) is 44.8 Å². The second-order valence-electron chi connectivity index (χ2n) is 8.90. The summed E-state index contributed by atoms with van der Waals surface area (Å²) in [4.78, 5) is 38.4. The normalized spacial score (nSPS) is 14.8. The van der Waals surface area contributed by atoms with E-state index >= 15 is 0 Å². The predicted molar refractivity (Wildman–Crippen MR) is 121 cm³/mol. The summed E-state index contributed by atoms with van der Waals surface area (Å²) in [6.45, 7) is 10.1. The lowest BCUT2D eigenvalue weighted by atomic mass is 9.83. The summed E-state index contributed by atoms with van der Waals surface area (Å²) in [5, 5.41) is 4.21. The van der Waals surface area contributed by atoms with Crippen molar-refractivity contribution in [1.82, 2.24) is 29.4 Å². The number of hydrogen-bond donors (Lipinski definition) is 0. The second-order valence-corrected chi connectivity index (χ2v) is 8.90. The summed E-state index contributed by atoms with van der Waals surface area (Å²) in [6.07, 6.45) is 2.51. The fraction of sp³-hybridized carbons (Fsp3) is 0.458. The van der Waals surface area contributed by atoms with Gasteiger partial charge in [0, 0.05) is 44.0 Å². The van der Waals surface area contributed by atoms with Crippen molar-refractivity contribution < 1.29 is 9.59 Å². The van der Waals surface area contributed by atoms with Crippen LogP contribution in [0.5, 0.6) is 0 Å². The fourth-order valence-electron chi connectivity index (χ4n) is 4.44. The van der Waals surface area contributed by atoms with Crippen molar-refractivity contribution in [2.24, 2.45) is 0 Å². The number of aromatic nitrogens is 4. The van der Waals surface area contributed by atoms with Crippen LogP contribution in [0.3, 0.4) is 0 Å². The third-order valence-corrected chi connectivity index (χ3v) is 6.53. The van der Waals surface area contributed by atoms with Crippen molar-refractivity contribution >= 4 is 17.6 Å². The number of fused-ring (bicyclic) bond motifs is 1. The van der Waals surface area contributed by atoms with E-state index in [9.17, 15) is 9.59 Å². The molecule has 0 spiro atoms. The maximum Gasteiger partial charge on any atom is 0.252 e. The zero-order valence-corrected chi connectivity index (χ0v) is 19.2. The van der Waals surface area contributed by atoms with E-state index in [-0.39, 0.29) is 11.8 Å². The Morgan fingerprint density at radius 3 is 2.34 bits per heavy atom. The molecule has 4 rings (SSSR count). The molecule has 3 aromatic rings. The lowest BCUT2D eigenvalue weighted by molar-refractivity contribution is -0.142. The minimum atomic E-state index is -0.588. The number of aryl methyl sites for hydroxylation is 2. The number of nitrogens with zero attached hydrogens (tertiary/aromatic N) is 6. The maximum absolute atomic E-state index is 13.2. The number of hydrogen-bond acceptors (Lipinski definition) is 5. The van der Waals surface area contributed by atoms with Crippen LogP contribution in [0.4, 0.5) is 0 Å². The highest BCUT2D eigenvalue weighted by molar-refractivity contribution is 5.87. The largest absolute Gasteiger partial charge is 0.339 e. The van der Waals surface area contributed by atoms with Crippen molar-refractivity contribution in [3.05, 3.63) is 59.2 Å². The molecule has 0 atom stereocenters. The van der Waals surface area contributed by atoms with Gasteiger partial charge >= 0.3 is 0 Å². The van der Waals surface area contributed by atoms with Gasteiger partial charge in [0.1, 0.15) is 6.33 Å². The summed E-state index contributed by atoms with van der Waals surface area (Å²) in [5.74, 6) is 0.792. The quantitative estimate of drug-likeness (QED) is 0.615. The molecule has 8 nitrogen and oxygen atoms in total. The predicted octanol–water partition coefficient (Wildman–Crippen LogP) is 2.32. The number of carbonyl (C=O) groups excluding carboxylic acids is 2. The Morgan fingerprint density at radius 2 is 1.66 bits per heavy atom. The van der Waals surface area contributed by atoms with E-state index in [1.807, 2.05) is 67.8 Å². The van der Waals surface area contributed by atoms with Crippen molar-refractivity contribution in [1.29, 1.82) is 0 Å². The standard InChI is InChI=1S/C24H30N6O2/c1-17-20(18(2)30-23(27-17)25-16-26-30)10-11-21(31)28-12-14-29(15-13-28)22(32)24(3,4)19-8-6-5-7-9-19/h5-9,16H,10-15H2,1-4H3. The first-order valence-electron chi connectivity index (χ1n) is 11.1. The molecule has 1 aliphatic heterocycles. The highest BCUT2D eigenvalue weighted by atomic mass is 16.2. The number of piperazine rings is 1. The van der Waals surface area contributed by atoms with Gasteiger partial charge in [0.15, 0.2) is 0 Å².